The van der Waals surface area contributed by atoms with Crippen LogP contribution in [-0.4, -0.2) is 9.55 Å². The van der Waals surface area contributed by atoms with Crippen molar-refractivity contribution in [3.8, 4) is 5.69 Å². The summed E-state index contributed by atoms with van der Waals surface area (Å²) in [5.41, 5.74) is 4.53. The molecule has 0 N–H and O–H groups in total. The molecule has 2 nitrogen and oxygen atoms in total. The third-order valence-electron chi connectivity index (χ3n) is 3.40. The van der Waals surface area contributed by atoms with Crippen LogP contribution in [0.1, 0.15) is 17.0 Å². The minimum Gasteiger partial charge on any atom is -0.295 e. The van der Waals surface area contributed by atoms with Crippen LogP contribution in [0.2, 0.25) is 0 Å². The monoisotopic (exact) mass is 288 g/mol. The summed E-state index contributed by atoms with van der Waals surface area (Å²) in [4.78, 5) is 4.54. The molecule has 0 aliphatic rings. The summed E-state index contributed by atoms with van der Waals surface area (Å²) in [6.45, 7) is 3.79. The van der Waals surface area contributed by atoms with E-state index in [0.717, 1.165) is 28.1 Å². The van der Waals surface area contributed by atoms with Crippen molar-refractivity contribution in [3.63, 3.8) is 0 Å². The first-order valence-electron chi connectivity index (χ1n) is 6.40. The number of aromatic nitrogens is 2. The van der Waals surface area contributed by atoms with Gasteiger partial charge in [0.05, 0.1) is 16.9 Å². The van der Waals surface area contributed by atoms with Crippen molar-refractivity contribution in [3.05, 3.63) is 59.2 Å². The Kier molecular flexibility index (Phi) is 3.22. The second-order valence-corrected chi connectivity index (χ2v) is 5.19. The molecule has 0 unspecified atom stereocenters. The highest BCUT2D eigenvalue weighted by Crippen LogP contribution is 2.24. The molecule has 102 valence electrons. The summed E-state index contributed by atoms with van der Waals surface area (Å²) in [5.74, 6) is 0.865. The van der Waals surface area contributed by atoms with Crippen molar-refractivity contribution in [2.75, 3.05) is 0 Å². The Bertz CT molecular complexity index is 793. The Morgan fingerprint density at radius 2 is 1.95 bits per heavy atom. The maximum absolute atomic E-state index is 13.4. The number of fused-ring (bicyclic) bond motifs is 1. The molecule has 0 saturated carbocycles. The lowest BCUT2D eigenvalue weighted by molar-refractivity contribution is 0.618. The highest BCUT2D eigenvalue weighted by Gasteiger charge is 2.12. The van der Waals surface area contributed by atoms with Crippen molar-refractivity contribution < 1.29 is 4.39 Å². The van der Waals surface area contributed by atoms with Gasteiger partial charge >= 0.3 is 0 Å². The zero-order valence-corrected chi connectivity index (χ0v) is 12.1. The average molecular weight is 289 g/mol. The molecular weight excluding hydrogens is 275 g/mol. The van der Waals surface area contributed by atoms with E-state index in [-0.39, 0.29) is 5.82 Å². The van der Waals surface area contributed by atoms with Gasteiger partial charge in [0.2, 0.25) is 0 Å². The summed E-state index contributed by atoms with van der Waals surface area (Å²) in [6, 6.07) is 11.1. The first kappa shape index (κ1) is 13.1. The van der Waals surface area contributed by atoms with Crippen molar-refractivity contribution >= 4 is 22.6 Å². The number of benzene rings is 2. The van der Waals surface area contributed by atoms with Gasteiger partial charge in [-0.1, -0.05) is 6.07 Å². The molecular formula is C16H14ClFN2. The Balaban J connectivity index is 2.32. The number of halogens is 2. The van der Waals surface area contributed by atoms with Gasteiger partial charge < -0.3 is 0 Å². The van der Waals surface area contributed by atoms with Crippen molar-refractivity contribution in [1.82, 2.24) is 9.55 Å². The van der Waals surface area contributed by atoms with Crippen LogP contribution in [0.25, 0.3) is 16.7 Å². The molecule has 0 fully saturated rings. The first-order valence-corrected chi connectivity index (χ1v) is 6.94. The lowest BCUT2D eigenvalue weighted by atomic mass is 10.2. The van der Waals surface area contributed by atoms with Crippen LogP contribution in [0.5, 0.6) is 0 Å². The van der Waals surface area contributed by atoms with Crippen LogP contribution in [-0.2, 0) is 5.88 Å². The predicted molar refractivity (Wildman–Crippen MR) is 80.1 cm³/mol. The smallest absolute Gasteiger partial charge is 0.129 e. The Labute approximate surface area is 121 Å². The normalized spacial score (nSPS) is 11.2. The fourth-order valence-electron chi connectivity index (χ4n) is 2.38. The largest absolute Gasteiger partial charge is 0.295 e. The minimum atomic E-state index is -0.207. The quantitative estimate of drug-likeness (QED) is 0.634. The summed E-state index contributed by atoms with van der Waals surface area (Å²) >= 11 is 6.01. The lowest BCUT2D eigenvalue weighted by Crippen LogP contribution is -2.00. The van der Waals surface area contributed by atoms with E-state index in [4.69, 9.17) is 11.6 Å². The maximum atomic E-state index is 13.4. The van der Waals surface area contributed by atoms with Crippen LogP contribution in [0.15, 0.2) is 36.4 Å². The summed E-state index contributed by atoms with van der Waals surface area (Å²) in [6.07, 6.45) is 0. The fourth-order valence-corrected chi connectivity index (χ4v) is 2.56. The molecule has 3 aromatic rings. The molecule has 0 bridgehead atoms. The number of imidazole rings is 1. The van der Waals surface area contributed by atoms with Gasteiger partial charge in [-0.25, -0.2) is 9.37 Å². The molecule has 0 atom stereocenters. The molecule has 1 aromatic heterocycles. The van der Waals surface area contributed by atoms with Gasteiger partial charge in [-0.05, 0) is 55.3 Å². The molecule has 0 amide bonds. The van der Waals surface area contributed by atoms with Crippen molar-refractivity contribution in [1.29, 1.82) is 0 Å². The van der Waals surface area contributed by atoms with Gasteiger partial charge in [0.25, 0.3) is 0 Å². The van der Waals surface area contributed by atoms with Crippen molar-refractivity contribution in [2.45, 2.75) is 19.7 Å². The van der Waals surface area contributed by atoms with Crippen LogP contribution in [0, 0.1) is 19.7 Å². The molecule has 0 aliphatic carbocycles. The van der Waals surface area contributed by atoms with Crippen LogP contribution >= 0.6 is 11.6 Å². The number of alkyl halides is 1. The number of rotatable bonds is 2. The van der Waals surface area contributed by atoms with Gasteiger partial charge in [0.1, 0.15) is 11.6 Å². The summed E-state index contributed by atoms with van der Waals surface area (Å²) in [7, 11) is 0. The van der Waals surface area contributed by atoms with Crippen LogP contribution < -0.4 is 0 Å². The van der Waals surface area contributed by atoms with E-state index in [9.17, 15) is 4.39 Å². The van der Waals surface area contributed by atoms with E-state index >= 15 is 0 Å². The highest BCUT2D eigenvalue weighted by atomic mass is 35.5. The Hall–Kier alpha value is -1.87. The third-order valence-corrected chi connectivity index (χ3v) is 3.64. The molecule has 20 heavy (non-hydrogen) atoms. The maximum Gasteiger partial charge on any atom is 0.129 e. The lowest BCUT2D eigenvalue weighted by Gasteiger charge is -2.09. The summed E-state index contributed by atoms with van der Waals surface area (Å²) in [5, 5.41) is 0. The van der Waals surface area contributed by atoms with E-state index in [0.29, 0.717) is 11.4 Å². The molecule has 3 rings (SSSR count). The van der Waals surface area contributed by atoms with Gasteiger partial charge in [-0.2, -0.15) is 0 Å². The van der Waals surface area contributed by atoms with E-state index in [1.165, 1.54) is 6.07 Å². The van der Waals surface area contributed by atoms with E-state index < -0.39 is 0 Å². The molecule has 0 aliphatic heterocycles. The van der Waals surface area contributed by atoms with Gasteiger partial charge in [-0.15, -0.1) is 11.6 Å². The number of aryl methyl sites for hydroxylation is 2. The number of nitrogens with zero attached hydrogens (tertiary/aromatic N) is 2. The van der Waals surface area contributed by atoms with Crippen LogP contribution in [0.3, 0.4) is 0 Å². The van der Waals surface area contributed by atoms with Crippen molar-refractivity contribution in [2.24, 2.45) is 0 Å². The second kappa shape index (κ2) is 4.91. The molecule has 1 heterocycles. The van der Waals surface area contributed by atoms with E-state index in [1.54, 1.807) is 13.0 Å². The highest BCUT2D eigenvalue weighted by molar-refractivity contribution is 6.17. The first-order chi connectivity index (χ1) is 9.60. The molecule has 4 heteroatoms. The standard InChI is InChI=1S/C16H14ClFN2/c1-10-3-6-14-15(7-10)20(16(9-17)19-14)12-4-5-13(18)11(2)8-12/h3-8H,9H2,1-2H3. The van der Waals surface area contributed by atoms with Crippen LogP contribution in [0.4, 0.5) is 4.39 Å². The molecule has 0 spiro atoms. The third kappa shape index (κ3) is 2.08. The fraction of sp³-hybridized carbons (Fsp3) is 0.188. The second-order valence-electron chi connectivity index (χ2n) is 4.92. The Morgan fingerprint density at radius 1 is 1.15 bits per heavy atom. The molecule has 2 aromatic carbocycles. The minimum absolute atomic E-state index is 0.207. The number of hydrogen-bond acceptors (Lipinski definition) is 1. The average Bonchev–Trinajstić information content (AvgIpc) is 2.79. The van der Waals surface area contributed by atoms with Gasteiger partial charge in [-0.3, -0.25) is 4.57 Å². The Morgan fingerprint density at radius 3 is 2.65 bits per heavy atom. The topological polar surface area (TPSA) is 17.8 Å². The zero-order valence-electron chi connectivity index (χ0n) is 11.3. The van der Waals surface area contributed by atoms with E-state index in [2.05, 4.69) is 11.1 Å². The summed E-state index contributed by atoms with van der Waals surface area (Å²) < 4.78 is 15.4. The predicted octanol–water partition coefficient (Wildman–Crippen LogP) is 4.52. The number of hydrogen-bond donors (Lipinski definition) is 0. The van der Waals surface area contributed by atoms with Gasteiger partial charge in [0, 0.05) is 5.69 Å². The molecule has 0 radical (unpaired) electrons. The zero-order chi connectivity index (χ0) is 14.3. The van der Waals surface area contributed by atoms with Gasteiger partial charge in [0.15, 0.2) is 0 Å². The molecule has 0 saturated heterocycles. The SMILES string of the molecule is Cc1ccc2nc(CCl)n(-c3ccc(F)c(C)c3)c2c1. The van der Waals surface area contributed by atoms with E-state index in [1.807, 2.05) is 29.7 Å².